The number of rotatable bonds is 6. The van der Waals surface area contributed by atoms with Crippen molar-refractivity contribution in [3.8, 4) is 0 Å². The summed E-state index contributed by atoms with van der Waals surface area (Å²) >= 11 is 0. The van der Waals surface area contributed by atoms with E-state index in [0.717, 1.165) is 19.0 Å². The van der Waals surface area contributed by atoms with Crippen molar-refractivity contribution >= 4 is 5.91 Å². The number of hydrogen-bond donors (Lipinski definition) is 1. The molecule has 0 heterocycles. The summed E-state index contributed by atoms with van der Waals surface area (Å²) < 4.78 is 0. The summed E-state index contributed by atoms with van der Waals surface area (Å²) in [5, 5.41) is 3.37. The summed E-state index contributed by atoms with van der Waals surface area (Å²) in [4.78, 5) is 14.2. The van der Waals surface area contributed by atoms with Crippen LogP contribution in [0.1, 0.15) is 53.9 Å². The van der Waals surface area contributed by atoms with E-state index in [4.69, 9.17) is 0 Å². The standard InChI is InChI=1S/C14H28N2O/c1-11(2)16(10-12-6-7-12)13(17)8-9-15-14(3,4)5/h11-12,15H,6-10H2,1-5H3. The normalized spacial score (nSPS) is 16.4. The smallest absolute Gasteiger partial charge is 0.224 e. The lowest BCUT2D eigenvalue weighted by Gasteiger charge is -2.28. The van der Waals surface area contributed by atoms with Crippen molar-refractivity contribution in [2.24, 2.45) is 5.92 Å². The lowest BCUT2D eigenvalue weighted by molar-refractivity contribution is -0.133. The Balaban J connectivity index is 2.31. The molecule has 1 saturated carbocycles. The maximum absolute atomic E-state index is 12.1. The molecule has 1 aliphatic carbocycles. The van der Waals surface area contributed by atoms with E-state index in [0.29, 0.717) is 18.4 Å². The molecule has 0 aromatic heterocycles. The van der Waals surface area contributed by atoms with Gasteiger partial charge in [0.05, 0.1) is 0 Å². The van der Waals surface area contributed by atoms with Crippen LogP contribution in [0.3, 0.4) is 0 Å². The highest BCUT2D eigenvalue weighted by molar-refractivity contribution is 5.76. The first-order valence-corrected chi connectivity index (χ1v) is 6.84. The van der Waals surface area contributed by atoms with Gasteiger partial charge in [0.2, 0.25) is 5.91 Å². The van der Waals surface area contributed by atoms with Crippen molar-refractivity contribution in [3.05, 3.63) is 0 Å². The van der Waals surface area contributed by atoms with E-state index in [2.05, 4.69) is 39.9 Å². The number of carbonyl (C=O) groups is 1. The molecule has 1 aliphatic rings. The summed E-state index contributed by atoms with van der Waals surface area (Å²) in [6, 6.07) is 0.331. The zero-order chi connectivity index (χ0) is 13.1. The first kappa shape index (κ1) is 14.5. The fraction of sp³-hybridized carbons (Fsp3) is 0.929. The summed E-state index contributed by atoms with van der Waals surface area (Å²) in [5.41, 5.74) is 0.0967. The van der Waals surface area contributed by atoms with Crippen molar-refractivity contribution in [3.63, 3.8) is 0 Å². The lowest BCUT2D eigenvalue weighted by atomic mass is 10.1. The number of nitrogens with zero attached hydrogens (tertiary/aromatic N) is 1. The summed E-state index contributed by atoms with van der Waals surface area (Å²) in [6.45, 7) is 12.3. The quantitative estimate of drug-likeness (QED) is 0.773. The van der Waals surface area contributed by atoms with Crippen LogP contribution in [0.25, 0.3) is 0 Å². The Bertz CT molecular complexity index is 251. The van der Waals surface area contributed by atoms with Crippen molar-refractivity contribution in [1.29, 1.82) is 0 Å². The summed E-state index contributed by atoms with van der Waals surface area (Å²) in [5.74, 6) is 1.07. The molecule has 1 amide bonds. The third-order valence-corrected chi connectivity index (χ3v) is 3.09. The predicted octanol–water partition coefficient (Wildman–Crippen LogP) is 2.41. The van der Waals surface area contributed by atoms with Crippen LogP contribution in [0, 0.1) is 5.92 Å². The van der Waals surface area contributed by atoms with Gasteiger partial charge in [-0.3, -0.25) is 4.79 Å². The van der Waals surface area contributed by atoms with Crippen LogP contribution >= 0.6 is 0 Å². The number of carbonyl (C=O) groups excluding carboxylic acids is 1. The Labute approximate surface area is 106 Å². The topological polar surface area (TPSA) is 32.3 Å². The molecule has 1 fully saturated rings. The van der Waals surface area contributed by atoms with E-state index in [1.54, 1.807) is 0 Å². The minimum Gasteiger partial charge on any atom is -0.340 e. The first-order valence-electron chi connectivity index (χ1n) is 6.84. The molecule has 0 bridgehead atoms. The van der Waals surface area contributed by atoms with Crippen LogP contribution in [0.4, 0.5) is 0 Å². The zero-order valence-corrected chi connectivity index (χ0v) is 12.0. The molecule has 0 aromatic carbocycles. The highest BCUT2D eigenvalue weighted by Gasteiger charge is 2.27. The minimum absolute atomic E-state index is 0.0967. The largest absolute Gasteiger partial charge is 0.340 e. The Morgan fingerprint density at radius 2 is 1.94 bits per heavy atom. The van der Waals surface area contributed by atoms with Gasteiger partial charge in [0.15, 0.2) is 0 Å². The molecule has 17 heavy (non-hydrogen) atoms. The van der Waals surface area contributed by atoms with Crippen LogP contribution < -0.4 is 5.32 Å². The molecule has 0 aromatic rings. The van der Waals surface area contributed by atoms with E-state index in [1.807, 2.05) is 4.90 Å². The molecule has 0 aliphatic heterocycles. The summed E-state index contributed by atoms with van der Waals surface area (Å²) in [7, 11) is 0. The second-order valence-corrected chi connectivity index (χ2v) is 6.51. The summed E-state index contributed by atoms with van der Waals surface area (Å²) in [6.07, 6.45) is 3.22. The van der Waals surface area contributed by atoms with Crippen LogP contribution in [-0.4, -0.2) is 35.5 Å². The Hall–Kier alpha value is -0.570. The van der Waals surface area contributed by atoms with Gasteiger partial charge in [0.1, 0.15) is 0 Å². The second-order valence-electron chi connectivity index (χ2n) is 6.51. The van der Waals surface area contributed by atoms with E-state index in [9.17, 15) is 4.79 Å². The van der Waals surface area contributed by atoms with E-state index in [-0.39, 0.29) is 5.54 Å². The molecule has 1 rings (SSSR count). The van der Waals surface area contributed by atoms with Gasteiger partial charge in [0, 0.05) is 31.1 Å². The number of nitrogens with one attached hydrogen (secondary N) is 1. The van der Waals surface area contributed by atoms with Gasteiger partial charge in [0.25, 0.3) is 0 Å². The average molecular weight is 240 g/mol. The van der Waals surface area contributed by atoms with Crippen molar-refractivity contribution in [2.75, 3.05) is 13.1 Å². The van der Waals surface area contributed by atoms with Gasteiger partial charge in [-0.1, -0.05) is 0 Å². The third-order valence-electron chi connectivity index (χ3n) is 3.09. The lowest BCUT2D eigenvalue weighted by Crippen LogP contribution is -2.42. The van der Waals surface area contributed by atoms with Crippen LogP contribution in [0.2, 0.25) is 0 Å². The van der Waals surface area contributed by atoms with Crippen LogP contribution in [0.15, 0.2) is 0 Å². The Morgan fingerprint density at radius 1 is 1.35 bits per heavy atom. The van der Waals surface area contributed by atoms with Gasteiger partial charge < -0.3 is 10.2 Å². The molecule has 0 atom stereocenters. The fourth-order valence-corrected chi connectivity index (χ4v) is 1.87. The second kappa shape index (κ2) is 5.85. The van der Waals surface area contributed by atoms with Gasteiger partial charge in [-0.2, -0.15) is 0 Å². The first-order chi connectivity index (χ1) is 7.79. The SMILES string of the molecule is CC(C)N(CC1CC1)C(=O)CCNC(C)(C)C. The Kier molecular flexibility index (Phi) is 4.99. The van der Waals surface area contributed by atoms with Crippen LogP contribution in [-0.2, 0) is 4.79 Å². The molecular weight excluding hydrogens is 212 g/mol. The molecule has 0 radical (unpaired) electrons. The maximum Gasteiger partial charge on any atom is 0.224 e. The predicted molar refractivity (Wildman–Crippen MR) is 71.9 cm³/mol. The van der Waals surface area contributed by atoms with Gasteiger partial charge in [-0.15, -0.1) is 0 Å². The van der Waals surface area contributed by atoms with Crippen LogP contribution in [0.5, 0.6) is 0 Å². The van der Waals surface area contributed by atoms with Gasteiger partial charge in [-0.05, 0) is 53.4 Å². The van der Waals surface area contributed by atoms with Gasteiger partial charge in [-0.25, -0.2) is 0 Å². The molecule has 3 heteroatoms. The zero-order valence-electron chi connectivity index (χ0n) is 12.0. The molecule has 3 nitrogen and oxygen atoms in total. The monoisotopic (exact) mass is 240 g/mol. The number of hydrogen-bond acceptors (Lipinski definition) is 2. The van der Waals surface area contributed by atoms with Crippen molar-refractivity contribution < 1.29 is 4.79 Å². The molecule has 0 saturated heterocycles. The highest BCUT2D eigenvalue weighted by Crippen LogP contribution is 2.30. The van der Waals surface area contributed by atoms with E-state index >= 15 is 0 Å². The minimum atomic E-state index is 0.0967. The molecular formula is C14H28N2O. The number of amides is 1. The van der Waals surface area contributed by atoms with Crippen molar-refractivity contribution in [2.45, 2.75) is 65.5 Å². The molecule has 1 N–H and O–H groups in total. The molecule has 100 valence electrons. The third kappa shape index (κ3) is 6.06. The fourth-order valence-electron chi connectivity index (χ4n) is 1.87. The van der Waals surface area contributed by atoms with Gasteiger partial charge >= 0.3 is 0 Å². The van der Waals surface area contributed by atoms with E-state index in [1.165, 1.54) is 12.8 Å². The van der Waals surface area contributed by atoms with E-state index < -0.39 is 0 Å². The maximum atomic E-state index is 12.1. The molecule has 0 unspecified atom stereocenters. The average Bonchev–Trinajstić information content (AvgIpc) is 2.94. The Morgan fingerprint density at radius 3 is 2.35 bits per heavy atom. The van der Waals surface area contributed by atoms with Crippen molar-refractivity contribution in [1.82, 2.24) is 10.2 Å². The molecule has 0 spiro atoms. The highest BCUT2D eigenvalue weighted by atomic mass is 16.2.